The molecule has 11 heteroatoms. The van der Waals surface area contributed by atoms with Crippen molar-refractivity contribution in [2.75, 3.05) is 32.1 Å². The van der Waals surface area contributed by atoms with Crippen molar-refractivity contribution in [3.8, 4) is 5.75 Å². The summed E-state index contributed by atoms with van der Waals surface area (Å²) in [5.74, 6) is -0.784. The summed E-state index contributed by atoms with van der Waals surface area (Å²) < 4.78 is 47.0. The molecule has 0 saturated heterocycles. The largest absolute Gasteiger partial charge is 0.497 e. The first-order valence-electron chi connectivity index (χ1n) is 12.1. The van der Waals surface area contributed by atoms with Crippen molar-refractivity contribution in [1.82, 2.24) is 14.5 Å². The minimum atomic E-state index is -4.11. The van der Waals surface area contributed by atoms with E-state index in [9.17, 15) is 22.4 Å². The van der Waals surface area contributed by atoms with E-state index in [1.54, 1.807) is 38.3 Å². The van der Waals surface area contributed by atoms with Crippen molar-refractivity contribution < 1.29 is 27.1 Å². The third-order valence-corrected chi connectivity index (χ3v) is 7.85. The smallest absolute Gasteiger partial charge is 0.304 e. The fourth-order valence-corrected chi connectivity index (χ4v) is 4.67. The summed E-state index contributed by atoms with van der Waals surface area (Å²) in [6.07, 6.45) is 1.04. The molecule has 0 heterocycles. The van der Waals surface area contributed by atoms with Crippen molar-refractivity contribution in [3.63, 3.8) is 0 Å². The number of nitrogens with zero attached hydrogens (tertiary/aromatic N) is 3. The molecule has 0 saturated carbocycles. The van der Waals surface area contributed by atoms with Crippen LogP contribution in [0.1, 0.15) is 39.2 Å². The molecule has 2 aromatic carbocycles. The first kappa shape index (κ1) is 30.0. The number of hydrogen-bond donors (Lipinski definition) is 1. The Balaban J connectivity index is 2.49. The highest BCUT2D eigenvalue weighted by atomic mass is 32.2. The van der Waals surface area contributed by atoms with Crippen LogP contribution in [0.3, 0.4) is 0 Å². The Kier molecular flexibility index (Phi) is 10.9. The lowest BCUT2D eigenvalue weighted by Crippen LogP contribution is -2.54. The zero-order chi connectivity index (χ0) is 27.8. The number of carbonyl (C=O) groups is 2. The Morgan fingerprint density at radius 3 is 2.08 bits per heavy atom. The minimum Gasteiger partial charge on any atom is -0.497 e. The highest BCUT2D eigenvalue weighted by Gasteiger charge is 2.34. The lowest BCUT2D eigenvalue weighted by atomic mass is 10.1. The van der Waals surface area contributed by atoms with E-state index >= 15 is 0 Å². The predicted octanol–water partition coefficient (Wildman–Crippen LogP) is 3.17. The summed E-state index contributed by atoms with van der Waals surface area (Å²) in [6.45, 7) is 5.12. The van der Waals surface area contributed by atoms with Gasteiger partial charge in [0.05, 0.1) is 12.8 Å². The van der Waals surface area contributed by atoms with Gasteiger partial charge >= 0.3 is 10.2 Å². The molecule has 204 valence electrons. The average Bonchev–Trinajstić information content (AvgIpc) is 2.87. The van der Waals surface area contributed by atoms with Crippen LogP contribution in [0.4, 0.5) is 10.1 Å². The molecule has 37 heavy (non-hydrogen) atoms. The summed E-state index contributed by atoms with van der Waals surface area (Å²) in [7, 11) is 0.131. The first-order valence-corrected chi connectivity index (χ1v) is 13.5. The molecule has 0 aliphatic rings. The Hall–Kier alpha value is -3.18. The number of benzene rings is 2. The Bertz CT molecular complexity index is 1140. The van der Waals surface area contributed by atoms with E-state index in [0.29, 0.717) is 18.6 Å². The Labute approximate surface area is 219 Å². The van der Waals surface area contributed by atoms with Crippen LogP contribution in [0.25, 0.3) is 0 Å². The molecule has 1 N–H and O–H groups in total. The number of anilines is 1. The third kappa shape index (κ3) is 7.90. The van der Waals surface area contributed by atoms with Crippen molar-refractivity contribution in [2.45, 2.75) is 52.2 Å². The maximum absolute atomic E-state index is 13.8. The molecule has 0 aromatic heterocycles. The van der Waals surface area contributed by atoms with Gasteiger partial charge in [0.1, 0.15) is 24.2 Å². The van der Waals surface area contributed by atoms with Crippen LogP contribution < -0.4 is 14.4 Å². The summed E-state index contributed by atoms with van der Waals surface area (Å²) in [6, 6.07) is 11.0. The second kappa shape index (κ2) is 13.4. The highest BCUT2D eigenvalue weighted by molar-refractivity contribution is 7.90. The van der Waals surface area contributed by atoms with Gasteiger partial charge in [0, 0.05) is 26.7 Å². The lowest BCUT2D eigenvalue weighted by Gasteiger charge is -2.34. The molecular formula is C26H37FN4O5S. The van der Waals surface area contributed by atoms with Gasteiger partial charge in [0.25, 0.3) is 0 Å². The van der Waals surface area contributed by atoms with Gasteiger partial charge in [-0.25, -0.2) is 8.70 Å². The second-order valence-corrected chi connectivity index (χ2v) is 11.0. The van der Waals surface area contributed by atoms with Crippen molar-refractivity contribution in [1.29, 1.82) is 0 Å². The molecule has 2 aromatic rings. The van der Waals surface area contributed by atoms with Crippen LogP contribution in [0.5, 0.6) is 5.75 Å². The van der Waals surface area contributed by atoms with Gasteiger partial charge < -0.3 is 15.0 Å². The summed E-state index contributed by atoms with van der Waals surface area (Å²) in [5, 5.41) is 2.93. The Morgan fingerprint density at radius 2 is 1.59 bits per heavy atom. The minimum absolute atomic E-state index is 0.0779. The van der Waals surface area contributed by atoms with Gasteiger partial charge in [-0.2, -0.15) is 12.7 Å². The fourth-order valence-electron chi connectivity index (χ4n) is 3.61. The van der Waals surface area contributed by atoms with Crippen LogP contribution in [0.15, 0.2) is 48.5 Å². The molecule has 0 bridgehead atoms. The number of halogens is 1. The van der Waals surface area contributed by atoms with Crippen molar-refractivity contribution in [3.05, 3.63) is 59.9 Å². The molecular weight excluding hydrogens is 499 g/mol. The number of ether oxygens (including phenoxy) is 1. The predicted molar refractivity (Wildman–Crippen MR) is 142 cm³/mol. The molecule has 0 radical (unpaired) electrons. The standard InChI is InChI=1S/C26H37FN4O5S/c1-7-19(3)28-26(33)24(8-2)30(17-20-9-15-23(36-6)16-10-20)25(32)18-31(37(34,35)29(4)5)22-13-11-21(27)12-14-22/h9-16,19,24H,7-8,17-18H2,1-6H3,(H,28,33)/t19-,24+/m1/s1. The van der Waals surface area contributed by atoms with Gasteiger partial charge in [-0.15, -0.1) is 0 Å². The molecule has 0 aliphatic carbocycles. The van der Waals surface area contributed by atoms with Crippen LogP contribution >= 0.6 is 0 Å². The van der Waals surface area contributed by atoms with Gasteiger partial charge in [-0.05, 0) is 61.7 Å². The normalized spacial score (nSPS) is 13.1. The zero-order valence-corrected chi connectivity index (χ0v) is 23.1. The molecule has 2 rings (SSSR count). The number of carbonyl (C=O) groups excluding carboxylic acids is 2. The monoisotopic (exact) mass is 536 g/mol. The number of methoxy groups -OCH3 is 1. The first-order chi connectivity index (χ1) is 17.4. The SMILES string of the molecule is CC[C@@H](C)NC(=O)[C@H](CC)N(Cc1ccc(OC)cc1)C(=O)CN(c1ccc(F)cc1)S(=O)(=O)N(C)C. The van der Waals surface area contributed by atoms with E-state index in [1.165, 1.54) is 31.1 Å². The van der Waals surface area contributed by atoms with Gasteiger partial charge in [-0.3, -0.25) is 9.59 Å². The second-order valence-electron chi connectivity index (χ2n) is 8.88. The number of amides is 2. The molecule has 0 unspecified atom stereocenters. The Morgan fingerprint density at radius 1 is 1.00 bits per heavy atom. The average molecular weight is 537 g/mol. The molecule has 2 atom stereocenters. The van der Waals surface area contributed by atoms with Gasteiger partial charge in [0.15, 0.2) is 0 Å². The van der Waals surface area contributed by atoms with Crippen LogP contribution in [-0.2, 0) is 26.3 Å². The molecule has 0 spiro atoms. The third-order valence-electron chi connectivity index (χ3n) is 6.03. The van der Waals surface area contributed by atoms with Crippen molar-refractivity contribution >= 4 is 27.7 Å². The number of nitrogens with one attached hydrogen (secondary N) is 1. The highest BCUT2D eigenvalue weighted by Crippen LogP contribution is 2.22. The van der Waals surface area contributed by atoms with E-state index in [-0.39, 0.29) is 24.2 Å². The van der Waals surface area contributed by atoms with Gasteiger partial charge in [0.2, 0.25) is 11.8 Å². The molecule has 9 nitrogen and oxygen atoms in total. The summed E-state index contributed by atoms with van der Waals surface area (Å²) >= 11 is 0. The van der Waals surface area contributed by atoms with Crippen LogP contribution in [0, 0.1) is 5.82 Å². The van der Waals surface area contributed by atoms with Crippen molar-refractivity contribution in [2.24, 2.45) is 0 Å². The lowest BCUT2D eigenvalue weighted by molar-refractivity contribution is -0.140. The summed E-state index contributed by atoms with van der Waals surface area (Å²) in [5.41, 5.74) is 0.873. The number of rotatable bonds is 13. The maximum atomic E-state index is 13.8. The van der Waals surface area contributed by atoms with Crippen LogP contribution in [0.2, 0.25) is 0 Å². The van der Waals surface area contributed by atoms with E-state index < -0.39 is 34.5 Å². The van der Waals surface area contributed by atoms with Crippen LogP contribution in [-0.4, -0.2) is 69.3 Å². The molecule has 2 amide bonds. The summed E-state index contributed by atoms with van der Waals surface area (Å²) in [4.78, 5) is 28.3. The van der Waals surface area contributed by atoms with E-state index in [0.717, 1.165) is 26.3 Å². The zero-order valence-electron chi connectivity index (χ0n) is 22.3. The number of hydrogen-bond acceptors (Lipinski definition) is 5. The van der Waals surface area contributed by atoms with Gasteiger partial charge in [-0.1, -0.05) is 26.0 Å². The maximum Gasteiger partial charge on any atom is 0.304 e. The molecule has 0 fully saturated rings. The van der Waals surface area contributed by atoms with E-state index in [4.69, 9.17) is 4.74 Å². The molecule has 0 aliphatic heterocycles. The topological polar surface area (TPSA) is 99.3 Å². The van der Waals surface area contributed by atoms with E-state index in [2.05, 4.69) is 5.32 Å². The van der Waals surface area contributed by atoms with E-state index in [1.807, 2.05) is 13.8 Å². The quantitative estimate of drug-likeness (QED) is 0.424. The fraction of sp³-hybridized carbons (Fsp3) is 0.462.